The highest BCUT2D eigenvalue weighted by Gasteiger charge is 2.54. The van der Waals surface area contributed by atoms with Crippen molar-refractivity contribution in [3.8, 4) is 0 Å². The first-order valence-corrected chi connectivity index (χ1v) is 9.74. The zero-order valence-corrected chi connectivity index (χ0v) is 15.3. The van der Waals surface area contributed by atoms with Gasteiger partial charge in [-0.05, 0) is 79.5 Å². The fraction of sp³-hybridized carbons (Fsp3) is 0.435. The Labute approximate surface area is 154 Å². The maximum absolute atomic E-state index is 11.8. The molecule has 3 nitrogen and oxygen atoms in total. The minimum absolute atomic E-state index is 0.211. The molecule has 0 unspecified atom stereocenters. The smallest absolute Gasteiger partial charge is 0.337 e. The Bertz CT molecular complexity index is 903. The number of aryl methyl sites for hydroxylation is 2. The number of fused-ring (bicyclic) bond motifs is 7. The van der Waals surface area contributed by atoms with E-state index in [-0.39, 0.29) is 6.04 Å². The number of carboxylic acid groups (broad SMARTS) is 1. The summed E-state index contributed by atoms with van der Waals surface area (Å²) in [6, 6.07) is 12.7. The number of carbonyl (C=O) groups is 1. The van der Waals surface area contributed by atoms with E-state index in [9.17, 15) is 9.90 Å². The topological polar surface area (TPSA) is 49.3 Å². The summed E-state index contributed by atoms with van der Waals surface area (Å²) >= 11 is 0. The zero-order valence-electron chi connectivity index (χ0n) is 15.3. The first kappa shape index (κ1) is 15.9. The predicted octanol–water partition coefficient (Wildman–Crippen LogP) is 5.30. The molecule has 0 aromatic heterocycles. The van der Waals surface area contributed by atoms with Gasteiger partial charge in [0.15, 0.2) is 0 Å². The van der Waals surface area contributed by atoms with Gasteiger partial charge in [-0.3, -0.25) is 0 Å². The molecule has 2 bridgehead atoms. The van der Waals surface area contributed by atoms with Crippen LogP contribution < -0.4 is 5.32 Å². The van der Waals surface area contributed by atoms with Crippen LogP contribution in [-0.4, -0.2) is 11.1 Å². The van der Waals surface area contributed by atoms with E-state index in [0.717, 1.165) is 11.6 Å². The molecule has 134 valence electrons. The minimum atomic E-state index is -0.837. The van der Waals surface area contributed by atoms with Crippen molar-refractivity contribution in [3.63, 3.8) is 0 Å². The molecule has 2 aromatic carbocycles. The highest BCUT2D eigenvalue weighted by molar-refractivity contribution is 5.95. The molecular formula is C23H25NO2. The number of rotatable bonds is 2. The monoisotopic (exact) mass is 347 g/mol. The van der Waals surface area contributed by atoms with E-state index in [2.05, 4.69) is 43.4 Å². The SMILES string of the molecule is Cc1ccc(C)c([C@@H]2Nc3c(C(=O)O)cccc3[C@@H]3[C@H]4CC[C@@H](C4)[C@@H]32)c1. The second-order valence-electron chi connectivity index (χ2n) is 8.49. The molecule has 0 amide bonds. The van der Waals surface area contributed by atoms with Crippen LogP contribution in [0.25, 0.3) is 0 Å². The molecule has 2 saturated carbocycles. The Morgan fingerprint density at radius 1 is 1.08 bits per heavy atom. The van der Waals surface area contributed by atoms with Crippen LogP contribution in [0.1, 0.15) is 63.8 Å². The number of hydrogen-bond acceptors (Lipinski definition) is 2. The van der Waals surface area contributed by atoms with Crippen LogP contribution in [0.4, 0.5) is 5.69 Å². The Hall–Kier alpha value is -2.29. The third kappa shape index (κ3) is 2.16. The predicted molar refractivity (Wildman–Crippen MR) is 103 cm³/mol. The van der Waals surface area contributed by atoms with Crippen molar-refractivity contribution < 1.29 is 9.90 Å². The normalized spacial score (nSPS) is 31.2. The third-order valence-corrected chi connectivity index (χ3v) is 7.12. The van der Waals surface area contributed by atoms with Crippen molar-refractivity contribution in [2.45, 2.75) is 45.1 Å². The summed E-state index contributed by atoms with van der Waals surface area (Å²) in [5, 5.41) is 13.4. The molecule has 1 heterocycles. The lowest BCUT2D eigenvalue weighted by Gasteiger charge is -2.44. The van der Waals surface area contributed by atoms with Crippen LogP contribution in [0.5, 0.6) is 0 Å². The van der Waals surface area contributed by atoms with Crippen molar-refractivity contribution >= 4 is 11.7 Å². The molecule has 0 spiro atoms. The summed E-state index contributed by atoms with van der Waals surface area (Å²) < 4.78 is 0. The molecule has 0 saturated heterocycles. The molecule has 26 heavy (non-hydrogen) atoms. The van der Waals surface area contributed by atoms with Gasteiger partial charge in [-0.15, -0.1) is 0 Å². The van der Waals surface area contributed by atoms with Gasteiger partial charge in [0.2, 0.25) is 0 Å². The van der Waals surface area contributed by atoms with Gasteiger partial charge in [-0.2, -0.15) is 0 Å². The van der Waals surface area contributed by atoms with Gasteiger partial charge in [0.1, 0.15) is 0 Å². The Morgan fingerprint density at radius 2 is 1.88 bits per heavy atom. The van der Waals surface area contributed by atoms with E-state index in [4.69, 9.17) is 0 Å². The molecule has 5 rings (SSSR count). The molecule has 2 aliphatic carbocycles. The lowest BCUT2D eigenvalue weighted by Crippen LogP contribution is -2.36. The van der Waals surface area contributed by atoms with Gasteiger partial charge in [-0.1, -0.05) is 35.9 Å². The molecule has 0 radical (unpaired) electrons. The summed E-state index contributed by atoms with van der Waals surface area (Å²) in [6.45, 7) is 4.32. The van der Waals surface area contributed by atoms with Gasteiger partial charge in [0.25, 0.3) is 0 Å². The first-order valence-electron chi connectivity index (χ1n) is 9.74. The largest absolute Gasteiger partial charge is 0.478 e. The standard InChI is InChI=1S/C23H25NO2/c1-12-6-7-13(2)18(10-12)22-20-15-9-8-14(11-15)19(20)16-4-3-5-17(23(25)26)21(16)24-22/h3-7,10,14-15,19-20,22,24H,8-9,11H2,1-2H3,(H,25,26)/t14-,15-,19-,20-,22-/m0/s1. The van der Waals surface area contributed by atoms with Crippen molar-refractivity contribution in [2.75, 3.05) is 5.32 Å². The summed E-state index contributed by atoms with van der Waals surface area (Å²) in [5.74, 6) is 1.70. The number of aromatic carboxylic acids is 1. The van der Waals surface area contributed by atoms with Crippen LogP contribution >= 0.6 is 0 Å². The van der Waals surface area contributed by atoms with E-state index in [1.165, 1.54) is 41.5 Å². The third-order valence-electron chi connectivity index (χ3n) is 7.12. The van der Waals surface area contributed by atoms with E-state index in [1.807, 2.05) is 6.07 Å². The van der Waals surface area contributed by atoms with E-state index in [0.29, 0.717) is 23.3 Å². The van der Waals surface area contributed by atoms with E-state index >= 15 is 0 Å². The van der Waals surface area contributed by atoms with Gasteiger partial charge in [-0.25, -0.2) is 4.79 Å². The number of nitrogens with one attached hydrogen (secondary N) is 1. The number of benzene rings is 2. The Balaban J connectivity index is 1.70. The second-order valence-corrected chi connectivity index (χ2v) is 8.49. The van der Waals surface area contributed by atoms with E-state index < -0.39 is 5.97 Å². The van der Waals surface area contributed by atoms with Crippen LogP contribution in [0, 0.1) is 31.6 Å². The highest BCUT2D eigenvalue weighted by atomic mass is 16.4. The molecule has 3 aliphatic rings. The fourth-order valence-corrected chi connectivity index (χ4v) is 6.10. The maximum atomic E-state index is 11.8. The number of hydrogen-bond donors (Lipinski definition) is 2. The van der Waals surface area contributed by atoms with Crippen molar-refractivity contribution in [3.05, 3.63) is 64.2 Å². The summed E-state index contributed by atoms with van der Waals surface area (Å²) in [5.41, 5.74) is 6.43. The minimum Gasteiger partial charge on any atom is -0.478 e. The van der Waals surface area contributed by atoms with Crippen LogP contribution in [0.2, 0.25) is 0 Å². The fourth-order valence-electron chi connectivity index (χ4n) is 6.10. The zero-order chi connectivity index (χ0) is 18.0. The summed E-state index contributed by atoms with van der Waals surface area (Å²) in [4.78, 5) is 11.8. The van der Waals surface area contributed by atoms with E-state index in [1.54, 1.807) is 6.07 Å². The van der Waals surface area contributed by atoms with Gasteiger partial charge in [0, 0.05) is 0 Å². The molecule has 3 heteroatoms. The van der Waals surface area contributed by atoms with Crippen molar-refractivity contribution in [2.24, 2.45) is 17.8 Å². The van der Waals surface area contributed by atoms with Crippen LogP contribution in [0.3, 0.4) is 0 Å². The van der Waals surface area contributed by atoms with Crippen molar-refractivity contribution in [1.82, 2.24) is 0 Å². The molecule has 2 fully saturated rings. The first-order chi connectivity index (χ1) is 12.5. The lowest BCUT2D eigenvalue weighted by atomic mass is 9.67. The van der Waals surface area contributed by atoms with Gasteiger partial charge < -0.3 is 10.4 Å². The number of para-hydroxylation sites is 1. The quantitative estimate of drug-likeness (QED) is 0.775. The van der Waals surface area contributed by atoms with Crippen LogP contribution in [-0.2, 0) is 0 Å². The summed E-state index contributed by atoms with van der Waals surface area (Å²) in [6.07, 6.45) is 3.92. The number of anilines is 1. The summed E-state index contributed by atoms with van der Waals surface area (Å²) in [7, 11) is 0. The molecule has 2 aromatic rings. The average molecular weight is 347 g/mol. The Morgan fingerprint density at radius 3 is 2.69 bits per heavy atom. The number of carboxylic acids is 1. The second kappa shape index (κ2) is 5.60. The Kier molecular flexibility index (Phi) is 3.43. The van der Waals surface area contributed by atoms with Gasteiger partial charge >= 0.3 is 5.97 Å². The molecule has 1 aliphatic heterocycles. The lowest BCUT2D eigenvalue weighted by molar-refractivity contribution is 0.0697. The molecule has 5 atom stereocenters. The average Bonchev–Trinajstić information content (AvgIpc) is 3.25. The molecule has 2 N–H and O–H groups in total. The maximum Gasteiger partial charge on any atom is 0.337 e. The van der Waals surface area contributed by atoms with Crippen molar-refractivity contribution in [1.29, 1.82) is 0 Å². The van der Waals surface area contributed by atoms with Gasteiger partial charge in [0.05, 0.1) is 17.3 Å². The van der Waals surface area contributed by atoms with Crippen LogP contribution in [0.15, 0.2) is 36.4 Å². The highest BCUT2D eigenvalue weighted by Crippen LogP contribution is 2.64. The molecular weight excluding hydrogens is 322 g/mol.